The maximum Gasteiger partial charge on any atom is 0.306 e. The molecule has 3 aliphatic rings. The van der Waals surface area contributed by atoms with Crippen LogP contribution in [0.4, 0.5) is 0 Å². The summed E-state index contributed by atoms with van der Waals surface area (Å²) in [5.41, 5.74) is 0. The molecule has 2 aliphatic carbocycles. The number of hydrogen-bond donors (Lipinski definition) is 0. The number of ether oxygens (including phenoxy) is 1. The summed E-state index contributed by atoms with van der Waals surface area (Å²) in [6.07, 6.45) is 10.5. The van der Waals surface area contributed by atoms with Crippen molar-refractivity contribution < 1.29 is 9.53 Å². The SMILES string of the molecule is O=C1C[C@@H]2CCC(C3CCCCC3)[C@@H]2O1. The van der Waals surface area contributed by atoms with E-state index in [-0.39, 0.29) is 5.97 Å². The predicted octanol–water partition coefficient (Wildman–Crippen LogP) is 2.91. The number of fused-ring (bicyclic) bond motifs is 1. The van der Waals surface area contributed by atoms with Gasteiger partial charge in [-0.3, -0.25) is 4.79 Å². The summed E-state index contributed by atoms with van der Waals surface area (Å²) in [5, 5.41) is 0. The summed E-state index contributed by atoms with van der Waals surface area (Å²) < 4.78 is 5.51. The molecule has 3 fully saturated rings. The third-order valence-corrected chi connectivity index (χ3v) is 4.71. The Labute approximate surface area is 91.4 Å². The lowest BCUT2D eigenvalue weighted by molar-refractivity contribution is -0.143. The Morgan fingerprint density at radius 1 is 0.933 bits per heavy atom. The van der Waals surface area contributed by atoms with Crippen molar-refractivity contribution in [3.8, 4) is 0 Å². The molecule has 0 N–H and O–H groups in total. The molecule has 1 aliphatic heterocycles. The fraction of sp³-hybridized carbons (Fsp3) is 0.923. The Kier molecular flexibility index (Phi) is 2.45. The van der Waals surface area contributed by atoms with Gasteiger partial charge in [0.05, 0.1) is 6.42 Å². The van der Waals surface area contributed by atoms with Crippen LogP contribution in [0.3, 0.4) is 0 Å². The molecule has 0 radical (unpaired) electrons. The molecule has 15 heavy (non-hydrogen) atoms. The summed E-state index contributed by atoms with van der Waals surface area (Å²) in [6, 6.07) is 0. The summed E-state index contributed by atoms with van der Waals surface area (Å²) in [6.45, 7) is 0. The number of rotatable bonds is 1. The van der Waals surface area contributed by atoms with Crippen LogP contribution in [0, 0.1) is 17.8 Å². The molecule has 3 rings (SSSR count). The maximum absolute atomic E-state index is 11.3. The molecule has 0 amide bonds. The summed E-state index contributed by atoms with van der Waals surface area (Å²) in [5.74, 6) is 2.20. The van der Waals surface area contributed by atoms with Crippen LogP contribution in [-0.4, -0.2) is 12.1 Å². The van der Waals surface area contributed by atoms with E-state index in [4.69, 9.17) is 4.74 Å². The molecule has 2 nitrogen and oxygen atoms in total. The largest absolute Gasteiger partial charge is 0.462 e. The highest BCUT2D eigenvalue weighted by Gasteiger charge is 2.47. The molecule has 84 valence electrons. The van der Waals surface area contributed by atoms with Gasteiger partial charge in [0.15, 0.2) is 0 Å². The van der Waals surface area contributed by atoms with Gasteiger partial charge in [0.1, 0.15) is 6.10 Å². The first kappa shape index (κ1) is 9.68. The fourth-order valence-corrected chi connectivity index (χ4v) is 3.97. The first-order valence-corrected chi connectivity index (χ1v) is 6.54. The lowest BCUT2D eigenvalue weighted by atomic mass is 9.78. The molecule has 0 aromatic carbocycles. The molecule has 1 saturated heterocycles. The summed E-state index contributed by atoms with van der Waals surface area (Å²) in [4.78, 5) is 11.3. The Morgan fingerprint density at radius 3 is 2.53 bits per heavy atom. The molecule has 0 spiro atoms. The van der Waals surface area contributed by atoms with E-state index in [0.29, 0.717) is 24.4 Å². The van der Waals surface area contributed by atoms with Crippen LogP contribution in [0.25, 0.3) is 0 Å². The minimum atomic E-state index is 0.0607. The van der Waals surface area contributed by atoms with E-state index in [1.807, 2.05) is 0 Å². The van der Waals surface area contributed by atoms with Gasteiger partial charge < -0.3 is 4.74 Å². The quantitative estimate of drug-likeness (QED) is 0.619. The molecule has 0 bridgehead atoms. The van der Waals surface area contributed by atoms with E-state index in [9.17, 15) is 4.79 Å². The molecule has 0 aromatic rings. The standard InChI is InChI=1S/C13H20O2/c14-12-8-10-6-7-11(13(10)15-12)9-4-2-1-3-5-9/h9-11,13H,1-8H2/t10-,11?,13+/m0/s1. The highest BCUT2D eigenvalue weighted by molar-refractivity contribution is 5.72. The van der Waals surface area contributed by atoms with E-state index in [1.54, 1.807) is 0 Å². The molecule has 0 aromatic heterocycles. The molecule has 2 heteroatoms. The zero-order chi connectivity index (χ0) is 10.3. The van der Waals surface area contributed by atoms with Crippen LogP contribution in [0.1, 0.15) is 51.4 Å². The molecular weight excluding hydrogens is 188 g/mol. The van der Waals surface area contributed by atoms with Gasteiger partial charge in [-0.05, 0) is 24.7 Å². The van der Waals surface area contributed by atoms with Gasteiger partial charge in [-0.1, -0.05) is 32.1 Å². The second kappa shape index (κ2) is 3.80. The average molecular weight is 208 g/mol. The number of hydrogen-bond acceptors (Lipinski definition) is 2. The average Bonchev–Trinajstić information content (AvgIpc) is 2.77. The van der Waals surface area contributed by atoms with Gasteiger partial charge in [0.25, 0.3) is 0 Å². The number of carbonyl (C=O) groups is 1. The fourth-order valence-electron chi connectivity index (χ4n) is 3.97. The van der Waals surface area contributed by atoms with E-state index < -0.39 is 0 Å². The van der Waals surface area contributed by atoms with Gasteiger partial charge in [0.2, 0.25) is 0 Å². The second-order valence-corrected chi connectivity index (χ2v) is 5.56. The first-order valence-electron chi connectivity index (χ1n) is 6.54. The van der Waals surface area contributed by atoms with E-state index >= 15 is 0 Å². The molecule has 1 unspecified atom stereocenters. The first-order chi connectivity index (χ1) is 7.34. The van der Waals surface area contributed by atoms with E-state index in [0.717, 1.165) is 5.92 Å². The lowest BCUT2D eigenvalue weighted by Crippen LogP contribution is -2.27. The number of esters is 1. The molecule has 3 atom stereocenters. The Balaban J connectivity index is 1.68. The molecular formula is C13H20O2. The van der Waals surface area contributed by atoms with Crippen LogP contribution >= 0.6 is 0 Å². The van der Waals surface area contributed by atoms with Crippen molar-refractivity contribution in [2.24, 2.45) is 17.8 Å². The highest BCUT2D eigenvalue weighted by Crippen LogP contribution is 2.47. The maximum atomic E-state index is 11.3. The zero-order valence-corrected chi connectivity index (χ0v) is 9.28. The third kappa shape index (κ3) is 1.68. The van der Waals surface area contributed by atoms with E-state index in [1.165, 1.54) is 44.9 Å². The normalized spacial score (nSPS) is 41.6. The van der Waals surface area contributed by atoms with Crippen molar-refractivity contribution >= 4 is 5.97 Å². The smallest absolute Gasteiger partial charge is 0.306 e. The second-order valence-electron chi connectivity index (χ2n) is 5.56. The van der Waals surface area contributed by atoms with Crippen molar-refractivity contribution in [1.29, 1.82) is 0 Å². The van der Waals surface area contributed by atoms with Crippen molar-refractivity contribution in [1.82, 2.24) is 0 Å². The molecule has 2 saturated carbocycles. The van der Waals surface area contributed by atoms with Crippen LogP contribution in [0.15, 0.2) is 0 Å². The number of carbonyl (C=O) groups excluding carboxylic acids is 1. The minimum Gasteiger partial charge on any atom is -0.462 e. The monoisotopic (exact) mass is 208 g/mol. The van der Waals surface area contributed by atoms with Gasteiger partial charge in [-0.15, -0.1) is 0 Å². The van der Waals surface area contributed by atoms with Gasteiger partial charge in [-0.2, -0.15) is 0 Å². The third-order valence-electron chi connectivity index (χ3n) is 4.71. The minimum absolute atomic E-state index is 0.0607. The van der Waals surface area contributed by atoms with Gasteiger partial charge in [-0.25, -0.2) is 0 Å². The highest BCUT2D eigenvalue weighted by atomic mass is 16.6. The van der Waals surface area contributed by atoms with Crippen LogP contribution in [-0.2, 0) is 9.53 Å². The van der Waals surface area contributed by atoms with Crippen molar-refractivity contribution in [2.45, 2.75) is 57.5 Å². The lowest BCUT2D eigenvalue weighted by Gasteiger charge is -2.30. The Bertz CT molecular complexity index is 255. The van der Waals surface area contributed by atoms with Crippen LogP contribution in [0.2, 0.25) is 0 Å². The van der Waals surface area contributed by atoms with Crippen molar-refractivity contribution in [2.75, 3.05) is 0 Å². The van der Waals surface area contributed by atoms with Crippen molar-refractivity contribution in [3.63, 3.8) is 0 Å². The summed E-state index contributed by atoms with van der Waals surface area (Å²) >= 11 is 0. The molecule has 1 heterocycles. The Morgan fingerprint density at radius 2 is 1.73 bits per heavy atom. The topological polar surface area (TPSA) is 26.3 Å². The zero-order valence-electron chi connectivity index (χ0n) is 9.28. The van der Waals surface area contributed by atoms with Gasteiger partial charge >= 0.3 is 5.97 Å². The van der Waals surface area contributed by atoms with E-state index in [2.05, 4.69) is 0 Å². The van der Waals surface area contributed by atoms with Crippen molar-refractivity contribution in [3.05, 3.63) is 0 Å². The summed E-state index contributed by atoms with van der Waals surface area (Å²) in [7, 11) is 0. The van der Waals surface area contributed by atoms with Gasteiger partial charge in [0, 0.05) is 5.92 Å². The predicted molar refractivity (Wildman–Crippen MR) is 57.3 cm³/mol. The Hall–Kier alpha value is -0.530. The van der Waals surface area contributed by atoms with Crippen LogP contribution in [0.5, 0.6) is 0 Å². The van der Waals surface area contributed by atoms with Crippen LogP contribution < -0.4 is 0 Å².